The number of rotatable bonds is 3. The van der Waals surface area contributed by atoms with Gasteiger partial charge in [0.2, 0.25) is 10.0 Å². The van der Waals surface area contributed by atoms with Crippen molar-refractivity contribution in [2.75, 3.05) is 18.8 Å². The van der Waals surface area contributed by atoms with E-state index in [1.54, 1.807) is 4.90 Å². The van der Waals surface area contributed by atoms with Crippen LogP contribution < -0.4 is 5.14 Å². The van der Waals surface area contributed by atoms with E-state index in [0.717, 1.165) is 0 Å². The van der Waals surface area contributed by atoms with Gasteiger partial charge >= 0.3 is 0 Å². The Labute approximate surface area is 133 Å². The minimum Gasteiger partial charge on any atom is -0.338 e. The van der Waals surface area contributed by atoms with Gasteiger partial charge in [0, 0.05) is 41.8 Å². The SMILES string of the molecule is NS(=O)(=O)CC1CCN(C(=O)c2ccc(F)c3ccncc23)C1. The largest absolute Gasteiger partial charge is 0.338 e. The molecule has 0 radical (unpaired) electrons. The second kappa shape index (κ2) is 5.86. The number of carbonyl (C=O) groups excluding carboxylic acids is 1. The second-order valence-corrected chi connectivity index (χ2v) is 7.41. The second-order valence-electron chi connectivity index (χ2n) is 5.75. The van der Waals surface area contributed by atoms with Crippen molar-refractivity contribution >= 4 is 26.7 Å². The molecule has 0 aliphatic carbocycles. The van der Waals surface area contributed by atoms with Gasteiger partial charge < -0.3 is 4.90 Å². The molecule has 1 atom stereocenters. The highest BCUT2D eigenvalue weighted by atomic mass is 32.2. The Bertz CT molecular complexity index is 869. The number of hydrogen-bond donors (Lipinski definition) is 1. The topological polar surface area (TPSA) is 93.4 Å². The number of amides is 1. The van der Waals surface area contributed by atoms with E-state index in [1.807, 2.05) is 0 Å². The lowest BCUT2D eigenvalue weighted by Crippen LogP contribution is -2.31. The highest BCUT2D eigenvalue weighted by Gasteiger charge is 2.30. The van der Waals surface area contributed by atoms with Crippen LogP contribution in [0.3, 0.4) is 0 Å². The number of halogens is 1. The van der Waals surface area contributed by atoms with Crippen molar-refractivity contribution in [1.82, 2.24) is 9.88 Å². The fraction of sp³-hybridized carbons (Fsp3) is 0.333. The summed E-state index contributed by atoms with van der Waals surface area (Å²) in [5, 5.41) is 5.85. The van der Waals surface area contributed by atoms with Gasteiger partial charge in [0.05, 0.1) is 5.75 Å². The minimum absolute atomic E-state index is 0.136. The van der Waals surface area contributed by atoms with Gasteiger partial charge in [-0.1, -0.05) is 0 Å². The molecule has 1 fully saturated rings. The number of fused-ring (bicyclic) bond motifs is 1. The number of benzene rings is 1. The predicted octanol–water partition coefficient (Wildman–Crippen LogP) is 1.12. The van der Waals surface area contributed by atoms with Crippen LogP contribution in [0.5, 0.6) is 0 Å². The van der Waals surface area contributed by atoms with Crippen molar-refractivity contribution in [2.45, 2.75) is 6.42 Å². The first-order chi connectivity index (χ1) is 10.8. The molecule has 122 valence electrons. The molecule has 1 aromatic carbocycles. The third-order valence-electron chi connectivity index (χ3n) is 4.04. The van der Waals surface area contributed by atoms with E-state index in [9.17, 15) is 17.6 Å². The number of nitrogens with two attached hydrogens (primary N) is 1. The lowest BCUT2D eigenvalue weighted by atomic mass is 10.1. The molecule has 2 N–H and O–H groups in total. The number of likely N-dealkylation sites (tertiary alicyclic amines) is 1. The molecular formula is C15H16FN3O3S. The molecular weight excluding hydrogens is 321 g/mol. The van der Waals surface area contributed by atoms with Crippen molar-refractivity contribution in [3.8, 4) is 0 Å². The first-order valence-electron chi connectivity index (χ1n) is 7.17. The van der Waals surface area contributed by atoms with Gasteiger partial charge in [-0.05, 0) is 30.5 Å². The zero-order chi connectivity index (χ0) is 16.6. The molecule has 1 aliphatic heterocycles. The molecule has 8 heteroatoms. The first kappa shape index (κ1) is 15.8. The number of aromatic nitrogens is 1. The summed E-state index contributed by atoms with van der Waals surface area (Å²) in [7, 11) is -3.56. The molecule has 3 rings (SSSR count). The smallest absolute Gasteiger partial charge is 0.254 e. The van der Waals surface area contributed by atoms with Crippen LogP contribution in [-0.2, 0) is 10.0 Å². The zero-order valence-corrected chi connectivity index (χ0v) is 13.1. The number of sulfonamides is 1. The van der Waals surface area contributed by atoms with Crippen molar-refractivity contribution < 1.29 is 17.6 Å². The summed E-state index contributed by atoms with van der Waals surface area (Å²) < 4.78 is 36.2. The Hall–Kier alpha value is -2.06. The predicted molar refractivity (Wildman–Crippen MR) is 83.7 cm³/mol. The van der Waals surface area contributed by atoms with Crippen LogP contribution in [0.2, 0.25) is 0 Å². The summed E-state index contributed by atoms with van der Waals surface area (Å²) in [5.74, 6) is -0.964. The van der Waals surface area contributed by atoms with E-state index in [2.05, 4.69) is 4.98 Å². The fourth-order valence-corrected chi connectivity index (χ4v) is 3.92. The molecule has 1 aromatic heterocycles. The molecule has 0 spiro atoms. The molecule has 0 bridgehead atoms. The van der Waals surface area contributed by atoms with Gasteiger partial charge in [-0.3, -0.25) is 9.78 Å². The molecule has 1 amide bonds. The van der Waals surface area contributed by atoms with Gasteiger partial charge in [0.25, 0.3) is 5.91 Å². The summed E-state index contributed by atoms with van der Waals surface area (Å²) in [6.07, 6.45) is 3.51. The quantitative estimate of drug-likeness (QED) is 0.908. The van der Waals surface area contributed by atoms with Crippen LogP contribution in [0.25, 0.3) is 10.8 Å². The number of pyridine rings is 1. The molecule has 23 heavy (non-hydrogen) atoms. The Morgan fingerprint density at radius 1 is 1.35 bits per heavy atom. The molecule has 1 aliphatic rings. The van der Waals surface area contributed by atoms with E-state index in [0.29, 0.717) is 35.8 Å². The maximum Gasteiger partial charge on any atom is 0.254 e. The Morgan fingerprint density at radius 3 is 2.87 bits per heavy atom. The van der Waals surface area contributed by atoms with Crippen molar-refractivity contribution in [1.29, 1.82) is 0 Å². The van der Waals surface area contributed by atoms with Gasteiger partial charge in [0.15, 0.2) is 0 Å². The van der Waals surface area contributed by atoms with Gasteiger partial charge in [-0.2, -0.15) is 0 Å². The molecule has 6 nitrogen and oxygen atoms in total. The maximum absolute atomic E-state index is 13.8. The lowest BCUT2D eigenvalue weighted by Gasteiger charge is -2.17. The standard InChI is InChI=1S/C15H16FN3O3S/c16-14-2-1-12(13-7-18-5-3-11(13)14)15(20)19-6-4-10(8-19)9-23(17,21)22/h1-3,5,7,10H,4,6,8-9H2,(H2,17,21,22). The maximum atomic E-state index is 13.8. The third-order valence-corrected chi connectivity index (χ3v) is 4.97. The van der Waals surface area contributed by atoms with Crippen molar-refractivity contribution in [3.05, 3.63) is 42.0 Å². The molecule has 1 saturated heterocycles. The highest BCUT2D eigenvalue weighted by molar-refractivity contribution is 7.89. The van der Waals surface area contributed by atoms with Crippen molar-refractivity contribution in [3.63, 3.8) is 0 Å². The van der Waals surface area contributed by atoms with E-state index >= 15 is 0 Å². The molecule has 1 unspecified atom stereocenters. The molecule has 2 aromatic rings. The van der Waals surface area contributed by atoms with Gasteiger partial charge in [-0.25, -0.2) is 17.9 Å². The molecule has 0 saturated carbocycles. The number of primary sulfonamides is 1. The number of nitrogens with zero attached hydrogens (tertiary/aromatic N) is 2. The zero-order valence-electron chi connectivity index (χ0n) is 12.3. The Kier molecular flexibility index (Phi) is 4.03. The van der Waals surface area contributed by atoms with Crippen LogP contribution in [0.1, 0.15) is 16.8 Å². The van der Waals surface area contributed by atoms with Crippen LogP contribution >= 0.6 is 0 Å². The Balaban J connectivity index is 1.86. The van der Waals surface area contributed by atoms with E-state index in [1.165, 1.54) is 30.6 Å². The number of carbonyl (C=O) groups is 1. The summed E-state index contributed by atoms with van der Waals surface area (Å²) >= 11 is 0. The normalized spacial score (nSPS) is 18.5. The summed E-state index contributed by atoms with van der Waals surface area (Å²) in [4.78, 5) is 18.2. The van der Waals surface area contributed by atoms with Crippen LogP contribution in [0.4, 0.5) is 4.39 Å². The third kappa shape index (κ3) is 3.32. The monoisotopic (exact) mass is 337 g/mol. The van der Waals surface area contributed by atoms with Crippen LogP contribution in [0, 0.1) is 11.7 Å². The minimum atomic E-state index is -3.56. The average Bonchev–Trinajstić information content (AvgIpc) is 2.94. The fourth-order valence-electron chi connectivity index (χ4n) is 2.99. The first-order valence-corrected chi connectivity index (χ1v) is 8.88. The Morgan fingerprint density at radius 2 is 2.13 bits per heavy atom. The van der Waals surface area contributed by atoms with Gasteiger partial charge in [0.1, 0.15) is 5.82 Å². The van der Waals surface area contributed by atoms with E-state index < -0.39 is 15.8 Å². The summed E-state index contributed by atoms with van der Waals surface area (Å²) in [5.41, 5.74) is 0.366. The number of hydrogen-bond acceptors (Lipinski definition) is 4. The summed E-state index contributed by atoms with van der Waals surface area (Å²) in [6, 6.07) is 4.22. The summed E-state index contributed by atoms with van der Waals surface area (Å²) in [6.45, 7) is 0.784. The molecule has 2 heterocycles. The lowest BCUT2D eigenvalue weighted by molar-refractivity contribution is 0.0790. The average molecular weight is 337 g/mol. The highest BCUT2D eigenvalue weighted by Crippen LogP contribution is 2.25. The van der Waals surface area contributed by atoms with Crippen LogP contribution in [-0.4, -0.2) is 43.1 Å². The van der Waals surface area contributed by atoms with E-state index in [4.69, 9.17) is 5.14 Å². The van der Waals surface area contributed by atoms with Crippen molar-refractivity contribution in [2.24, 2.45) is 11.1 Å². The van der Waals surface area contributed by atoms with E-state index in [-0.39, 0.29) is 17.6 Å². The van der Waals surface area contributed by atoms with Gasteiger partial charge in [-0.15, -0.1) is 0 Å². The van der Waals surface area contributed by atoms with Crippen LogP contribution in [0.15, 0.2) is 30.6 Å².